The first-order valence-corrected chi connectivity index (χ1v) is 13.0. The van der Waals surface area contributed by atoms with Crippen molar-refractivity contribution in [3.8, 4) is 11.5 Å². The normalized spacial score (nSPS) is 14.4. The summed E-state index contributed by atoms with van der Waals surface area (Å²) in [6, 6.07) is 21.2. The van der Waals surface area contributed by atoms with Crippen molar-refractivity contribution in [2.45, 2.75) is 44.6 Å². The first-order chi connectivity index (χ1) is 17.6. The van der Waals surface area contributed by atoms with Gasteiger partial charge in [0.25, 0.3) is 5.56 Å². The van der Waals surface area contributed by atoms with Crippen LogP contribution >= 0.6 is 15.9 Å². The SMILES string of the molecule is COc1cc(C=Nn2c(C3CCCCC3)nc3ccccc3c2=O)cc(Br)c1OCc1ccccc1. The highest BCUT2D eigenvalue weighted by atomic mass is 79.9. The number of fused-ring (bicyclic) bond motifs is 1. The van der Waals surface area contributed by atoms with Gasteiger partial charge in [0, 0.05) is 5.92 Å². The minimum atomic E-state index is -0.147. The first kappa shape index (κ1) is 24.3. The van der Waals surface area contributed by atoms with Crippen LogP contribution in [0.3, 0.4) is 0 Å². The minimum Gasteiger partial charge on any atom is -0.493 e. The minimum absolute atomic E-state index is 0.147. The number of ether oxygens (including phenoxy) is 2. The van der Waals surface area contributed by atoms with Crippen LogP contribution in [0.15, 0.2) is 81.1 Å². The number of rotatable bonds is 7. The number of halogens is 1. The van der Waals surface area contributed by atoms with Crippen LogP contribution in [0.4, 0.5) is 0 Å². The number of methoxy groups -OCH3 is 1. The van der Waals surface area contributed by atoms with E-state index in [0.29, 0.717) is 23.5 Å². The molecule has 0 unspecified atom stereocenters. The molecular weight excluding hydrogens is 518 g/mol. The zero-order chi connectivity index (χ0) is 24.9. The van der Waals surface area contributed by atoms with E-state index in [1.165, 1.54) is 11.1 Å². The Balaban J connectivity index is 1.49. The number of aromatic nitrogens is 2. The third-order valence-corrected chi connectivity index (χ3v) is 7.14. The van der Waals surface area contributed by atoms with E-state index < -0.39 is 0 Å². The Morgan fingerprint density at radius 3 is 2.58 bits per heavy atom. The number of hydrogen-bond donors (Lipinski definition) is 0. The Bertz CT molecular complexity index is 1440. The summed E-state index contributed by atoms with van der Waals surface area (Å²) < 4.78 is 13.9. The van der Waals surface area contributed by atoms with Crippen molar-refractivity contribution in [1.29, 1.82) is 0 Å². The van der Waals surface area contributed by atoms with Gasteiger partial charge in [0.05, 0.1) is 28.7 Å². The Kier molecular flexibility index (Phi) is 7.47. The van der Waals surface area contributed by atoms with Gasteiger partial charge in [-0.3, -0.25) is 4.79 Å². The fourth-order valence-electron chi connectivity index (χ4n) is 4.69. The molecule has 0 spiro atoms. The molecule has 0 amide bonds. The zero-order valence-corrected chi connectivity index (χ0v) is 21.8. The summed E-state index contributed by atoms with van der Waals surface area (Å²) in [5.41, 5.74) is 2.42. The van der Waals surface area contributed by atoms with Crippen LogP contribution in [0, 0.1) is 0 Å². The van der Waals surface area contributed by atoms with Gasteiger partial charge >= 0.3 is 0 Å². The average Bonchev–Trinajstić information content (AvgIpc) is 2.92. The second-order valence-electron chi connectivity index (χ2n) is 8.99. The molecule has 1 heterocycles. The summed E-state index contributed by atoms with van der Waals surface area (Å²) in [5.74, 6) is 2.16. The lowest BCUT2D eigenvalue weighted by Crippen LogP contribution is -2.25. The van der Waals surface area contributed by atoms with Crippen molar-refractivity contribution in [2.75, 3.05) is 7.11 Å². The summed E-state index contributed by atoms with van der Waals surface area (Å²) in [5, 5.41) is 5.21. The smallest absolute Gasteiger partial charge is 0.282 e. The molecule has 3 aromatic carbocycles. The molecule has 0 bridgehead atoms. The number of hydrogen-bond acceptors (Lipinski definition) is 5. The van der Waals surface area contributed by atoms with Crippen LogP contribution in [0.1, 0.15) is 55.0 Å². The summed E-state index contributed by atoms with van der Waals surface area (Å²) in [7, 11) is 1.61. The summed E-state index contributed by atoms with van der Waals surface area (Å²) in [4.78, 5) is 18.3. The van der Waals surface area contributed by atoms with Gasteiger partial charge in [-0.1, -0.05) is 61.7 Å². The number of nitrogens with zero attached hydrogens (tertiary/aromatic N) is 3. The molecule has 0 aliphatic heterocycles. The molecule has 0 radical (unpaired) electrons. The Labute approximate surface area is 218 Å². The van der Waals surface area contributed by atoms with Gasteiger partial charge in [-0.15, -0.1) is 0 Å². The van der Waals surface area contributed by atoms with Crippen molar-refractivity contribution < 1.29 is 9.47 Å². The third kappa shape index (κ3) is 5.21. The lowest BCUT2D eigenvalue weighted by atomic mass is 9.88. The van der Waals surface area contributed by atoms with Crippen molar-refractivity contribution in [3.63, 3.8) is 0 Å². The third-order valence-electron chi connectivity index (χ3n) is 6.55. The monoisotopic (exact) mass is 545 g/mol. The lowest BCUT2D eigenvalue weighted by molar-refractivity contribution is 0.282. The maximum Gasteiger partial charge on any atom is 0.282 e. The molecular formula is C29H28BrN3O3. The van der Waals surface area contributed by atoms with Gasteiger partial charge in [0.2, 0.25) is 0 Å². The topological polar surface area (TPSA) is 65.7 Å². The van der Waals surface area contributed by atoms with E-state index in [1.807, 2.05) is 60.7 Å². The maximum absolute atomic E-state index is 13.4. The van der Waals surface area contributed by atoms with Crippen LogP contribution in [0.5, 0.6) is 11.5 Å². The van der Waals surface area contributed by atoms with E-state index in [-0.39, 0.29) is 11.5 Å². The van der Waals surface area contributed by atoms with Gasteiger partial charge < -0.3 is 9.47 Å². The quantitative estimate of drug-likeness (QED) is 0.243. The van der Waals surface area contributed by atoms with E-state index >= 15 is 0 Å². The molecule has 4 aromatic rings. The summed E-state index contributed by atoms with van der Waals surface area (Å²) in [6.07, 6.45) is 7.24. The van der Waals surface area contributed by atoms with Crippen molar-refractivity contribution >= 4 is 33.0 Å². The summed E-state index contributed by atoms with van der Waals surface area (Å²) in [6.45, 7) is 0.423. The van der Waals surface area contributed by atoms with Crippen LogP contribution < -0.4 is 15.0 Å². The standard InChI is InChI=1S/C29H28BrN3O3/c1-35-26-17-21(16-24(30)27(26)36-19-20-10-4-2-5-11-20)18-31-33-28(22-12-6-3-7-13-22)32-25-15-9-8-14-23(25)29(33)34/h2,4-5,8-11,14-18,22H,3,6-7,12-13,19H2,1H3. The molecule has 7 heteroatoms. The Morgan fingerprint density at radius 2 is 1.81 bits per heavy atom. The number of benzene rings is 3. The summed E-state index contributed by atoms with van der Waals surface area (Å²) >= 11 is 3.62. The molecule has 1 aliphatic carbocycles. The van der Waals surface area contributed by atoms with Crippen LogP contribution in [0.25, 0.3) is 10.9 Å². The molecule has 1 aliphatic rings. The second kappa shape index (κ2) is 11.1. The van der Waals surface area contributed by atoms with Crippen LogP contribution in [-0.2, 0) is 6.61 Å². The van der Waals surface area contributed by atoms with Crippen LogP contribution in [-0.4, -0.2) is 23.0 Å². The first-order valence-electron chi connectivity index (χ1n) is 12.2. The molecule has 0 saturated heterocycles. The highest BCUT2D eigenvalue weighted by molar-refractivity contribution is 9.10. The van der Waals surface area contributed by atoms with Crippen molar-refractivity contribution in [2.24, 2.45) is 5.10 Å². The molecule has 0 atom stereocenters. The largest absolute Gasteiger partial charge is 0.493 e. The predicted molar refractivity (Wildman–Crippen MR) is 146 cm³/mol. The van der Waals surface area contributed by atoms with Gasteiger partial charge in [-0.05, 0) is 64.2 Å². The van der Waals surface area contributed by atoms with E-state index in [9.17, 15) is 4.79 Å². The zero-order valence-electron chi connectivity index (χ0n) is 20.2. The molecule has 184 valence electrons. The van der Waals surface area contributed by atoms with Crippen molar-refractivity contribution in [3.05, 3.63) is 98.5 Å². The second-order valence-corrected chi connectivity index (χ2v) is 9.85. The highest BCUT2D eigenvalue weighted by Crippen LogP contribution is 2.37. The Morgan fingerprint density at radius 1 is 1.06 bits per heavy atom. The van der Waals surface area contributed by atoms with Crippen molar-refractivity contribution in [1.82, 2.24) is 9.66 Å². The molecule has 1 fully saturated rings. The lowest BCUT2D eigenvalue weighted by Gasteiger charge is -2.22. The van der Waals surface area contributed by atoms with E-state index in [4.69, 9.17) is 14.5 Å². The highest BCUT2D eigenvalue weighted by Gasteiger charge is 2.22. The fourth-order valence-corrected chi connectivity index (χ4v) is 5.26. The van der Waals surface area contributed by atoms with Gasteiger partial charge in [-0.25, -0.2) is 4.98 Å². The predicted octanol–water partition coefficient (Wildman–Crippen LogP) is 6.68. The van der Waals surface area contributed by atoms with E-state index in [1.54, 1.807) is 19.4 Å². The van der Waals surface area contributed by atoms with Gasteiger partial charge in [0.15, 0.2) is 11.5 Å². The molecule has 0 N–H and O–H groups in total. The molecule has 5 rings (SSSR count). The molecule has 1 aromatic heterocycles. The Hall–Kier alpha value is -3.45. The average molecular weight is 546 g/mol. The van der Waals surface area contributed by atoms with E-state index in [0.717, 1.165) is 52.6 Å². The molecule has 1 saturated carbocycles. The van der Waals surface area contributed by atoms with Gasteiger partial charge in [0.1, 0.15) is 12.4 Å². The molecule has 36 heavy (non-hydrogen) atoms. The molecule has 6 nitrogen and oxygen atoms in total. The van der Waals surface area contributed by atoms with E-state index in [2.05, 4.69) is 21.0 Å². The van der Waals surface area contributed by atoms with Gasteiger partial charge in [-0.2, -0.15) is 9.78 Å². The number of para-hydroxylation sites is 1. The maximum atomic E-state index is 13.4. The fraction of sp³-hybridized carbons (Fsp3) is 0.276. The van der Waals surface area contributed by atoms with Crippen LogP contribution in [0.2, 0.25) is 0 Å².